The molecule has 0 atom stereocenters. The molecule has 1 aliphatic rings. The molecule has 0 aliphatic heterocycles. The van der Waals surface area contributed by atoms with Crippen LogP contribution < -0.4 is 5.56 Å². The third kappa shape index (κ3) is 4.59. The first-order chi connectivity index (χ1) is 16.0. The van der Waals surface area contributed by atoms with E-state index < -0.39 is 0 Å². The Morgan fingerprint density at radius 3 is 2.58 bits per heavy atom. The molecule has 0 amide bonds. The Balaban J connectivity index is 1.56. The molecular weight excluding hydrogens is 553 g/mol. The average Bonchev–Trinajstić information content (AvgIpc) is 3.28. The Morgan fingerprint density at radius 2 is 1.79 bits per heavy atom. The van der Waals surface area contributed by atoms with Gasteiger partial charge < -0.3 is 4.42 Å². The molecule has 168 valence electrons. The molecule has 2 aromatic heterocycles. The highest BCUT2D eigenvalue weighted by molar-refractivity contribution is 9.10. The zero-order valence-corrected chi connectivity index (χ0v) is 20.8. The zero-order chi connectivity index (χ0) is 22.9. The van der Waals surface area contributed by atoms with Gasteiger partial charge in [0.1, 0.15) is 23.2 Å². The Labute approximate surface area is 206 Å². The van der Waals surface area contributed by atoms with Crippen LogP contribution in [0.1, 0.15) is 49.6 Å². The monoisotopic (exact) mass is 571 g/mol. The Morgan fingerprint density at radius 1 is 1.03 bits per heavy atom. The van der Waals surface area contributed by atoms with Crippen LogP contribution in [-0.4, -0.2) is 15.9 Å². The zero-order valence-electron chi connectivity index (χ0n) is 17.6. The van der Waals surface area contributed by atoms with Crippen LogP contribution in [0.2, 0.25) is 0 Å². The van der Waals surface area contributed by atoms with E-state index in [0.29, 0.717) is 38.3 Å². The van der Waals surface area contributed by atoms with Gasteiger partial charge >= 0.3 is 0 Å². The maximum Gasteiger partial charge on any atom is 0.282 e. The number of aromatic nitrogens is 2. The SMILES string of the molecule is O=c1c2cc(Br)ccc2nc(C2CCCCC2)n1N=Cc1ccc(-c2ccc(Br)cc2F)o1. The summed E-state index contributed by atoms with van der Waals surface area (Å²) in [6.07, 6.45) is 6.88. The number of nitrogens with zero attached hydrogens (tertiary/aromatic N) is 3. The molecule has 0 bridgehead atoms. The molecule has 0 N–H and O–H groups in total. The summed E-state index contributed by atoms with van der Waals surface area (Å²) in [6, 6.07) is 13.7. The fourth-order valence-electron chi connectivity index (χ4n) is 4.27. The van der Waals surface area contributed by atoms with Crippen molar-refractivity contribution in [3.8, 4) is 11.3 Å². The number of hydrogen-bond donors (Lipinski definition) is 0. The van der Waals surface area contributed by atoms with Crippen LogP contribution in [0.25, 0.3) is 22.2 Å². The second-order valence-electron chi connectivity index (χ2n) is 8.15. The molecule has 0 saturated heterocycles. The van der Waals surface area contributed by atoms with Gasteiger partial charge in [-0.3, -0.25) is 4.79 Å². The molecule has 5 rings (SSSR count). The van der Waals surface area contributed by atoms with Crippen molar-refractivity contribution in [3.05, 3.63) is 85.2 Å². The van der Waals surface area contributed by atoms with Crippen LogP contribution in [0.15, 0.2) is 71.8 Å². The Kier molecular flexibility index (Phi) is 6.29. The van der Waals surface area contributed by atoms with E-state index in [4.69, 9.17) is 9.40 Å². The van der Waals surface area contributed by atoms with Crippen molar-refractivity contribution in [2.24, 2.45) is 5.10 Å². The molecule has 4 aromatic rings. The van der Waals surface area contributed by atoms with Gasteiger partial charge in [0.15, 0.2) is 0 Å². The summed E-state index contributed by atoms with van der Waals surface area (Å²) in [7, 11) is 0. The lowest BCUT2D eigenvalue weighted by Crippen LogP contribution is -2.25. The highest BCUT2D eigenvalue weighted by Gasteiger charge is 2.22. The van der Waals surface area contributed by atoms with Crippen molar-refractivity contribution in [1.29, 1.82) is 0 Å². The number of benzene rings is 2. The van der Waals surface area contributed by atoms with Gasteiger partial charge in [-0.1, -0.05) is 51.1 Å². The molecule has 5 nitrogen and oxygen atoms in total. The van der Waals surface area contributed by atoms with Gasteiger partial charge in [0, 0.05) is 14.9 Å². The van der Waals surface area contributed by atoms with Crippen molar-refractivity contribution in [3.63, 3.8) is 0 Å². The van der Waals surface area contributed by atoms with E-state index in [1.54, 1.807) is 30.3 Å². The largest absolute Gasteiger partial charge is 0.455 e. The molecule has 1 aliphatic carbocycles. The molecule has 0 radical (unpaired) electrons. The maximum atomic E-state index is 14.3. The quantitative estimate of drug-likeness (QED) is 0.242. The van der Waals surface area contributed by atoms with Crippen LogP contribution in [-0.2, 0) is 0 Å². The van der Waals surface area contributed by atoms with Crippen LogP contribution in [0.5, 0.6) is 0 Å². The summed E-state index contributed by atoms with van der Waals surface area (Å²) in [5.41, 5.74) is 0.806. The first-order valence-electron chi connectivity index (χ1n) is 10.8. The first-order valence-corrected chi connectivity index (χ1v) is 12.4. The van der Waals surface area contributed by atoms with Gasteiger partial charge in [-0.2, -0.15) is 9.78 Å². The lowest BCUT2D eigenvalue weighted by atomic mass is 9.88. The summed E-state index contributed by atoms with van der Waals surface area (Å²) in [6.45, 7) is 0. The second kappa shape index (κ2) is 9.35. The van der Waals surface area contributed by atoms with E-state index in [1.165, 1.54) is 23.4 Å². The van der Waals surface area contributed by atoms with Crippen molar-refractivity contribution in [2.45, 2.75) is 38.0 Å². The van der Waals surface area contributed by atoms with E-state index in [0.717, 1.165) is 30.2 Å². The smallest absolute Gasteiger partial charge is 0.282 e. The predicted molar refractivity (Wildman–Crippen MR) is 134 cm³/mol. The molecule has 8 heteroatoms. The molecule has 33 heavy (non-hydrogen) atoms. The summed E-state index contributed by atoms with van der Waals surface area (Å²) in [5.74, 6) is 1.28. The van der Waals surface area contributed by atoms with Gasteiger partial charge in [-0.15, -0.1) is 0 Å². The molecule has 1 saturated carbocycles. The van der Waals surface area contributed by atoms with E-state index in [1.807, 2.05) is 12.1 Å². The van der Waals surface area contributed by atoms with E-state index in [9.17, 15) is 9.18 Å². The minimum Gasteiger partial charge on any atom is -0.455 e. The lowest BCUT2D eigenvalue weighted by Gasteiger charge is -2.22. The molecule has 0 spiro atoms. The number of halogens is 3. The van der Waals surface area contributed by atoms with E-state index in [-0.39, 0.29) is 17.3 Å². The Bertz CT molecular complexity index is 1420. The van der Waals surface area contributed by atoms with Crippen LogP contribution in [0.4, 0.5) is 4.39 Å². The first kappa shape index (κ1) is 22.2. The minimum atomic E-state index is -0.387. The van der Waals surface area contributed by atoms with Gasteiger partial charge in [-0.05, 0) is 61.4 Å². The summed E-state index contributed by atoms with van der Waals surface area (Å²) >= 11 is 6.69. The highest BCUT2D eigenvalue weighted by Crippen LogP contribution is 2.32. The van der Waals surface area contributed by atoms with Crippen LogP contribution in [0.3, 0.4) is 0 Å². The molecule has 0 unspecified atom stereocenters. The van der Waals surface area contributed by atoms with Crippen LogP contribution in [0, 0.1) is 5.82 Å². The number of hydrogen-bond acceptors (Lipinski definition) is 4. The summed E-state index contributed by atoms with van der Waals surface area (Å²) < 4.78 is 23.0. The van der Waals surface area contributed by atoms with Gasteiger partial charge in [0.2, 0.25) is 0 Å². The normalized spacial score (nSPS) is 15.0. The minimum absolute atomic E-state index is 0.181. The van der Waals surface area contributed by atoms with Crippen molar-refractivity contribution >= 4 is 49.0 Å². The van der Waals surface area contributed by atoms with E-state index >= 15 is 0 Å². The topological polar surface area (TPSA) is 60.4 Å². The summed E-state index contributed by atoms with van der Waals surface area (Å²) in [5, 5.41) is 4.98. The number of rotatable bonds is 4. The molecule has 2 aromatic carbocycles. The van der Waals surface area contributed by atoms with Gasteiger partial charge in [0.05, 0.1) is 22.7 Å². The number of fused-ring (bicyclic) bond motifs is 1. The fourth-order valence-corrected chi connectivity index (χ4v) is 4.97. The van der Waals surface area contributed by atoms with Crippen molar-refractivity contribution < 1.29 is 8.81 Å². The highest BCUT2D eigenvalue weighted by atomic mass is 79.9. The number of furan rings is 1. The lowest BCUT2D eigenvalue weighted by molar-refractivity contribution is 0.416. The maximum absolute atomic E-state index is 14.3. The second-order valence-corrected chi connectivity index (χ2v) is 9.99. The Hall–Kier alpha value is -2.58. The summed E-state index contributed by atoms with van der Waals surface area (Å²) in [4.78, 5) is 18.2. The average molecular weight is 573 g/mol. The van der Waals surface area contributed by atoms with E-state index in [2.05, 4.69) is 37.0 Å². The molecular formula is C25H20Br2FN3O2. The van der Waals surface area contributed by atoms with Crippen molar-refractivity contribution in [2.75, 3.05) is 0 Å². The van der Waals surface area contributed by atoms with Gasteiger partial charge in [-0.25, -0.2) is 9.37 Å². The van der Waals surface area contributed by atoms with Crippen LogP contribution >= 0.6 is 31.9 Å². The molecule has 1 fully saturated rings. The molecule has 2 heterocycles. The third-order valence-corrected chi connectivity index (χ3v) is 6.91. The standard InChI is InChI=1S/C25H20Br2FN3O2/c26-16-7-10-22-20(12-16)25(32)31(24(30-22)15-4-2-1-3-5-15)29-14-18-8-11-23(33-18)19-9-6-17(27)13-21(19)28/h6-15H,1-5H2. The third-order valence-electron chi connectivity index (χ3n) is 5.93. The van der Waals surface area contributed by atoms with Crippen molar-refractivity contribution in [1.82, 2.24) is 9.66 Å². The van der Waals surface area contributed by atoms with Gasteiger partial charge in [0.25, 0.3) is 5.56 Å². The fraction of sp³-hybridized carbons (Fsp3) is 0.240. The predicted octanol–water partition coefficient (Wildman–Crippen LogP) is 7.25.